The number of aliphatic hydroxyl groups is 1. The molecule has 3 heterocycles. The molecule has 2 unspecified atom stereocenters. The van der Waals surface area contributed by atoms with Crippen LogP contribution in [0.5, 0.6) is 5.75 Å². The molecule has 12 heteroatoms. The Hall–Kier alpha value is -4.91. The van der Waals surface area contributed by atoms with E-state index in [-0.39, 0.29) is 11.8 Å². The van der Waals surface area contributed by atoms with Crippen molar-refractivity contribution in [2.45, 2.75) is 89.8 Å². The molecule has 3 atom stereocenters. The quantitative estimate of drug-likeness (QED) is 0.0652. The summed E-state index contributed by atoms with van der Waals surface area (Å²) < 4.78 is 5.89. The van der Waals surface area contributed by atoms with Crippen LogP contribution >= 0.6 is 22.7 Å². The fraction of sp³-hybridized carbons (Fsp3) is 0.357. The predicted molar refractivity (Wildman–Crippen MR) is 214 cm³/mol. The van der Waals surface area contributed by atoms with Gasteiger partial charge in [0.25, 0.3) is 5.91 Å². The molecule has 0 saturated carbocycles. The van der Waals surface area contributed by atoms with Crippen LogP contribution in [0.2, 0.25) is 0 Å². The molecular formula is C42H48N4O6S2. The normalized spacial score (nSPS) is 13.1. The van der Waals surface area contributed by atoms with E-state index in [1.54, 1.807) is 36.0 Å². The highest BCUT2D eigenvalue weighted by Gasteiger charge is 2.33. The maximum absolute atomic E-state index is 13.7. The third-order valence-corrected chi connectivity index (χ3v) is 11.4. The minimum atomic E-state index is -1.62. The Kier molecular flexibility index (Phi) is 14.1. The number of nitrogens with one attached hydrogen (secondary N) is 2. The van der Waals surface area contributed by atoms with Gasteiger partial charge in [-0.1, -0.05) is 95.8 Å². The van der Waals surface area contributed by atoms with Gasteiger partial charge in [0, 0.05) is 39.7 Å². The van der Waals surface area contributed by atoms with Gasteiger partial charge in [0.15, 0.2) is 11.9 Å². The highest BCUT2D eigenvalue weighted by Crippen LogP contribution is 2.30. The van der Waals surface area contributed by atoms with Crippen LogP contribution in [0, 0.1) is 0 Å². The van der Waals surface area contributed by atoms with Crippen molar-refractivity contribution in [3.63, 3.8) is 0 Å². The first kappa shape index (κ1) is 40.3. The molecule has 5 rings (SSSR count). The Morgan fingerprint density at radius 3 is 2.13 bits per heavy atom. The van der Waals surface area contributed by atoms with E-state index >= 15 is 0 Å². The molecule has 2 aromatic carbocycles. The predicted octanol–water partition coefficient (Wildman–Crippen LogP) is 8.22. The second kappa shape index (κ2) is 18.9. The molecule has 284 valence electrons. The third kappa shape index (κ3) is 11.1. The highest BCUT2D eigenvalue weighted by molar-refractivity contribution is 7.14. The molecule has 5 aromatic rings. The van der Waals surface area contributed by atoms with Gasteiger partial charge in [-0.2, -0.15) is 0 Å². The standard InChI is InChI=1S/C42H48N4O6S2/c1-5-6-7-8-9-22-52-31-18-16-28(17-19-31)30-25-43-38(44-26-30)29-14-12-27(13-15-29)24-32(45-40(49)34-20-21-35(54-34)42(2,3)4)39(48)46-36(41(50)51)37(47)33-11-10-23-53-33/h10-21,23,25-26,32,36-37,47H,5-9,22,24H2,1-4H3,(H,45,49)(H,46,48)(H,50,51)/t32-,36?,37?/m0/s1. The van der Waals surface area contributed by atoms with Crippen molar-refractivity contribution in [1.29, 1.82) is 0 Å². The molecule has 0 saturated heterocycles. The van der Waals surface area contributed by atoms with Gasteiger partial charge in [0.1, 0.15) is 17.9 Å². The average molecular weight is 769 g/mol. The molecule has 0 spiro atoms. The minimum Gasteiger partial charge on any atom is -0.494 e. The molecule has 0 fully saturated rings. The Morgan fingerprint density at radius 2 is 1.52 bits per heavy atom. The number of carboxylic acids is 1. The van der Waals surface area contributed by atoms with E-state index in [0.717, 1.165) is 33.7 Å². The third-order valence-electron chi connectivity index (χ3n) is 8.91. The second-order valence-corrected chi connectivity index (χ2v) is 16.3. The topological polar surface area (TPSA) is 151 Å². The number of carbonyl (C=O) groups excluding carboxylic acids is 2. The summed E-state index contributed by atoms with van der Waals surface area (Å²) in [6.07, 6.45) is 8.10. The number of benzene rings is 2. The zero-order valence-corrected chi connectivity index (χ0v) is 32.7. The van der Waals surface area contributed by atoms with Crippen molar-refractivity contribution in [3.05, 3.63) is 111 Å². The van der Waals surface area contributed by atoms with Gasteiger partial charge in [-0.25, -0.2) is 14.8 Å². The fourth-order valence-corrected chi connectivity index (χ4v) is 7.46. The van der Waals surface area contributed by atoms with Crippen molar-refractivity contribution in [2.75, 3.05) is 6.61 Å². The van der Waals surface area contributed by atoms with Crippen LogP contribution in [-0.4, -0.2) is 56.7 Å². The lowest BCUT2D eigenvalue weighted by atomic mass is 9.95. The zero-order chi connectivity index (χ0) is 38.7. The van der Waals surface area contributed by atoms with Gasteiger partial charge >= 0.3 is 5.97 Å². The summed E-state index contributed by atoms with van der Waals surface area (Å²) in [5.74, 6) is -1.22. The summed E-state index contributed by atoms with van der Waals surface area (Å²) in [6, 6.07) is 19.4. The largest absolute Gasteiger partial charge is 0.494 e. The summed E-state index contributed by atoms with van der Waals surface area (Å²) in [6.45, 7) is 9.07. The number of rotatable bonds is 18. The Bertz CT molecular complexity index is 1950. The first-order valence-corrected chi connectivity index (χ1v) is 19.9. The number of ether oxygens (including phenoxy) is 1. The van der Waals surface area contributed by atoms with Crippen molar-refractivity contribution in [3.8, 4) is 28.3 Å². The van der Waals surface area contributed by atoms with Crippen LogP contribution in [0.4, 0.5) is 0 Å². The van der Waals surface area contributed by atoms with E-state index in [1.165, 1.54) is 48.4 Å². The molecule has 0 aliphatic heterocycles. The molecule has 2 amide bonds. The van der Waals surface area contributed by atoms with Gasteiger partial charge in [0.05, 0.1) is 11.5 Å². The Morgan fingerprint density at radius 1 is 0.833 bits per heavy atom. The SMILES string of the molecule is CCCCCCCOc1ccc(-c2cnc(-c3ccc(C[C@H](NC(=O)c4ccc(C(C)(C)C)s4)C(=O)NC(C(=O)O)C(O)c4cccs4)cc3)nc2)cc1. The van der Waals surface area contributed by atoms with Gasteiger partial charge < -0.3 is 25.6 Å². The zero-order valence-electron chi connectivity index (χ0n) is 31.1. The van der Waals surface area contributed by atoms with Gasteiger partial charge in [-0.3, -0.25) is 9.59 Å². The van der Waals surface area contributed by atoms with Crippen LogP contribution in [-0.2, 0) is 21.4 Å². The summed E-state index contributed by atoms with van der Waals surface area (Å²) in [5, 5.41) is 27.7. The second-order valence-electron chi connectivity index (χ2n) is 14.2. The van der Waals surface area contributed by atoms with Crippen LogP contribution in [0.3, 0.4) is 0 Å². The number of aliphatic carboxylic acids is 1. The minimum absolute atomic E-state index is 0.0646. The van der Waals surface area contributed by atoms with Crippen molar-refractivity contribution < 1.29 is 29.3 Å². The first-order chi connectivity index (χ1) is 25.9. The molecule has 3 aromatic heterocycles. The molecule has 54 heavy (non-hydrogen) atoms. The smallest absolute Gasteiger partial charge is 0.329 e. The molecule has 10 nitrogen and oxygen atoms in total. The summed E-state index contributed by atoms with van der Waals surface area (Å²) in [4.78, 5) is 50.3. The Labute approximate surface area is 324 Å². The number of thiophene rings is 2. The number of amides is 2. The number of aromatic nitrogens is 2. The number of aliphatic hydroxyl groups excluding tert-OH is 1. The Balaban J connectivity index is 1.26. The first-order valence-electron chi connectivity index (χ1n) is 18.2. The molecule has 0 aliphatic rings. The number of carboxylic acid groups (broad SMARTS) is 1. The van der Waals surface area contributed by atoms with Crippen LogP contribution in [0.1, 0.15) is 90.9 Å². The van der Waals surface area contributed by atoms with Crippen LogP contribution < -0.4 is 15.4 Å². The van der Waals surface area contributed by atoms with Gasteiger partial charge in [0.2, 0.25) is 5.91 Å². The number of hydrogen-bond acceptors (Lipinski definition) is 9. The van der Waals surface area contributed by atoms with E-state index in [2.05, 4.69) is 48.3 Å². The van der Waals surface area contributed by atoms with Gasteiger partial charge in [-0.05, 0) is 58.7 Å². The molecule has 0 radical (unpaired) electrons. The van der Waals surface area contributed by atoms with Crippen molar-refractivity contribution in [2.24, 2.45) is 0 Å². The maximum Gasteiger partial charge on any atom is 0.329 e. The van der Waals surface area contributed by atoms with E-state index in [4.69, 9.17) is 4.74 Å². The molecule has 4 N–H and O–H groups in total. The van der Waals surface area contributed by atoms with E-state index in [0.29, 0.717) is 27.7 Å². The maximum atomic E-state index is 13.7. The van der Waals surface area contributed by atoms with Gasteiger partial charge in [-0.15, -0.1) is 22.7 Å². The molecule has 0 aliphatic carbocycles. The summed E-state index contributed by atoms with van der Waals surface area (Å²) in [7, 11) is 0. The van der Waals surface area contributed by atoms with Crippen molar-refractivity contribution >= 4 is 40.5 Å². The highest BCUT2D eigenvalue weighted by atomic mass is 32.1. The monoisotopic (exact) mass is 768 g/mol. The summed E-state index contributed by atoms with van der Waals surface area (Å²) >= 11 is 2.52. The van der Waals surface area contributed by atoms with E-state index in [1.807, 2.05) is 54.6 Å². The molecule has 0 bridgehead atoms. The van der Waals surface area contributed by atoms with Crippen LogP contribution in [0.25, 0.3) is 22.5 Å². The number of carbonyl (C=O) groups is 3. The van der Waals surface area contributed by atoms with E-state index < -0.39 is 36.0 Å². The number of unbranched alkanes of at least 4 members (excludes halogenated alkanes) is 4. The lowest BCUT2D eigenvalue weighted by molar-refractivity contribution is -0.145. The molecular weight excluding hydrogens is 721 g/mol. The lowest BCUT2D eigenvalue weighted by Gasteiger charge is -2.24. The van der Waals surface area contributed by atoms with E-state index in [9.17, 15) is 24.6 Å². The number of nitrogens with zero attached hydrogens (tertiary/aromatic N) is 2. The fourth-order valence-electron chi connectivity index (χ4n) is 5.75. The average Bonchev–Trinajstić information content (AvgIpc) is 3.90. The van der Waals surface area contributed by atoms with Crippen molar-refractivity contribution in [1.82, 2.24) is 20.6 Å². The van der Waals surface area contributed by atoms with Crippen LogP contribution in [0.15, 0.2) is 90.6 Å². The number of hydrogen-bond donors (Lipinski definition) is 4. The lowest BCUT2D eigenvalue weighted by Crippen LogP contribution is -2.54. The summed E-state index contributed by atoms with van der Waals surface area (Å²) in [5.41, 5.74) is 3.16.